The zero-order chi connectivity index (χ0) is 13.1. The van der Waals surface area contributed by atoms with Gasteiger partial charge in [0.15, 0.2) is 5.13 Å². The summed E-state index contributed by atoms with van der Waals surface area (Å²) in [5, 5.41) is 6.85. The normalized spacial score (nSPS) is 24.2. The standard InChI is InChI=1S/C14H25N3S/c1-10(2)6-15-7-13-9-18-14(16-13)17-8-11(3)5-12(17)4/h9-12,15H,5-8H2,1-4H3. The van der Waals surface area contributed by atoms with Crippen molar-refractivity contribution in [2.24, 2.45) is 11.8 Å². The van der Waals surface area contributed by atoms with Crippen LogP contribution in [-0.4, -0.2) is 24.1 Å². The van der Waals surface area contributed by atoms with E-state index < -0.39 is 0 Å². The summed E-state index contributed by atoms with van der Waals surface area (Å²) in [6.07, 6.45) is 1.29. The fourth-order valence-corrected chi connectivity index (χ4v) is 3.50. The largest absolute Gasteiger partial charge is 0.345 e. The van der Waals surface area contributed by atoms with E-state index >= 15 is 0 Å². The molecule has 1 aromatic heterocycles. The fourth-order valence-electron chi connectivity index (χ4n) is 2.56. The molecule has 0 spiro atoms. The van der Waals surface area contributed by atoms with Gasteiger partial charge in [0.25, 0.3) is 0 Å². The average molecular weight is 267 g/mol. The second-order valence-electron chi connectivity index (χ2n) is 5.99. The SMILES string of the molecule is CC(C)CNCc1csc(N2CC(C)CC2C)n1. The zero-order valence-electron chi connectivity index (χ0n) is 11.9. The number of thiazole rings is 1. The average Bonchev–Trinajstić information content (AvgIpc) is 2.85. The number of aromatic nitrogens is 1. The maximum absolute atomic E-state index is 4.76. The van der Waals surface area contributed by atoms with Gasteiger partial charge in [-0.3, -0.25) is 0 Å². The smallest absolute Gasteiger partial charge is 0.185 e. The third-order valence-corrected chi connectivity index (χ3v) is 4.35. The number of hydrogen-bond donors (Lipinski definition) is 1. The molecule has 18 heavy (non-hydrogen) atoms. The van der Waals surface area contributed by atoms with Gasteiger partial charge in [-0.25, -0.2) is 4.98 Å². The Labute approximate surface area is 115 Å². The molecule has 0 saturated carbocycles. The summed E-state index contributed by atoms with van der Waals surface area (Å²) in [5.41, 5.74) is 1.18. The van der Waals surface area contributed by atoms with E-state index in [0.717, 1.165) is 25.6 Å². The highest BCUT2D eigenvalue weighted by Gasteiger charge is 2.27. The zero-order valence-corrected chi connectivity index (χ0v) is 12.8. The summed E-state index contributed by atoms with van der Waals surface area (Å²) in [4.78, 5) is 7.22. The first-order valence-corrected chi connectivity index (χ1v) is 7.86. The van der Waals surface area contributed by atoms with E-state index in [4.69, 9.17) is 4.98 Å². The minimum atomic E-state index is 0.641. The molecule has 0 aliphatic carbocycles. The van der Waals surface area contributed by atoms with Gasteiger partial charge in [0.05, 0.1) is 5.69 Å². The van der Waals surface area contributed by atoms with Crippen molar-refractivity contribution in [2.45, 2.75) is 46.7 Å². The Morgan fingerprint density at radius 2 is 2.28 bits per heavy atom. The van der Waals surface area contributed by atoms with Crippen LogP contribution in [0.1, 0.15) is 39.8 Å². The first kappa shape index (κ1) is 13.8. The highest BCUT2D eigenvalue weighted by atomic mass is 32.1. The lowest BCUT2D eigenvalue weighted by Crippen LogP contribution is -2.26. The van der Waals surface area contributed by atoms with E-state index in [0.29, 0.717) is 12.0 Å². The van der Waals surface area contributed by atoms with Gasteiger partial charge >= 0.3 is 0 Å². The summed E-state index contributed by atoms with van der Waals surface area (Å²) >= 11 is 1.79. The monoisotopic (exact) mass is 267 g/mol. The van der Waals surface area contributed by atoms with Crippen molar-refractivity contribution in [2.75, 3.05) is 18.0 Å². The maximum Gasteiger partial charge on any atom is 0.185 e. The molecule has 102 valence electrons. The molecule has 0 aromatic carbocycles. The topological polar surface area (TPSA) is 28.2 Å². The van der Waals surface area contributed by atoms with Crippen LogP contribution in [0.15, 0.2) is 5.38 Å². The molecule has 1 aliphatic heterocycles. The fraction of sp³-hybridized carbons (Fsp3) is 0.786. The van der Waals surface area contributed by atoms with Crippen molar-refractivity contribution in [3.63, 3.8) is 0 Å². The van der Waals surface area contributed by atoms with Crippen LogP contribution < -0.4 is 10.2 Å². The molecule has 2 heterocycles. The lowest BCUT2D eigenvalue weighted by molar-refractivity contribution is 0.549. The molecule has 2 rings (SSSR count). The number of rotatable bonds is 5. The highest BCUT2D eigenvalue weighted by molar-refractivity contribution is 7.13. The Morgan fingerprint density at radius 1 is 1.50 bits per heavy atom. The van der Waals surface area contributed by atoms with Gasteiger partial charge in [0, 0.05) is 24.5 Å². The van der Waals surface area contributed by atoms with Crippen LogP contribution >= 0.6 is 11.3 Å². The van der Waals surface area contributed by atoms with Crippen LogP contribution in [0.25, 0.3) is 0 Å². The Morgan fingerprint density at radius 3 is 2.89 bits per heavy atom. The lowest BCUT2D eigenvalue weighted by atomic mass is 10.1. The minimum absolute atomic E-state index is 0.641. The van der Waals surface area contributed by atoms with Crippen LogP contribution in [0.4, 0.5) is 5.13 Å². The first-order chi connectivity index (χ1) is 8.56. The van der Waals surface area contributed by atoms with Gasteiger partial charge in [-0.15, -0.1) is 11.3 Å². The summed E-state index contributed by atoms with van der Waals surface area (Å²) in [7, 11) is 0. The lowest BCUT2D eigenvalue weighted by Gasteiger charge is -2.20. The maximum atomic E-state index is 4.76. The molecule has 1 saturated heterocycles. The quantitative estimate of drug-likeness (QED) is 0.888. The van der Waals surface area contributed by atoms with Crippen LogP contribution in [0.3, 0.4) is 0 Å². The number of nitrogens with zero attached hydrogens (tertiary/aromatic N) is 2. The van der Waals surface area contributed by atoms with Crippen LogP contribution in [0, 0.1) is 11.8 Å². The van der Waals surface area contributed by atoms with E-state index in [1.807, 2.05) is 0 Å². The Balaban J connectivity index is 1.90. The van der Waals surface area contributed by atoms with E-state index in [-0.39, 0.29) is 0 Å². The Hall–Kier alpha value is -0.610. The van der Waals surface area contributed by atoms with Gasteiger partial charge in [-0.05, 0) is 31.7 Å². The predicted octanol–water partition coefficient (Wildman–Crippen LogP) is 3.12. The van der Waals surface area contributed by atoms with Crippen molar-refractivity contribution < 1.29 is 0 Å². The molecule has 3 nitrogen and oxygen atoms in total. The molecule has 4 heteroatoms. The molecule has 1 aliphatic rings. The van der Waals surface area contributed by atoms with Crippen molar-refractivity contribution in [3.05, 3.63) is 11.1 Å². The third-order valence-electron chi connectivity index (χ3n) is 3.43. The molecule has 2 atom stereocenters. The van der Waals surface area contributed by atoms with Gasteiger partial charge in [0.2, 0.25) is 0 Å². The van der Waals surface area contributed by atoms with Crippen molar-refractivity contribution >= 4 is 16.5 Å². The molecule has 0 radical (unpaired) electrons. The molecule has 2 unspecified atom stereocenters. The Bertz CT molecular complexity index is 375. The molecular formula is C14H25N3S. The summed E-state index contributed by atoms with van der Waals surface area (Å²) in [6, 6.07) is 0.641. The van der Waals surface area contributed by atoms with Crippen molar-refractivity contribution in [1.29, 1.82) is 0 Å². The van der Waals surface area contributed by atoms with E-state index in [9.17, 15) is 0 Å². The van der Waals surface area contributed by atoms with Gasteiger partial charge < -0.3 is 10.2 Å². The van der Waals surface area contributed by atoms with E-state index in [1.54, 1.807) is 11.3 Å². The third kappa shape index (κ3) is 3.45. The molecule has 1 N–H and O–H groups in total. The van der Waals surface area contributed by atoms with Gasteiger partial charge in [-0.1, -0.05) is 20.8 Å². The molecule has 0 amide bonds. The second-order valence-corrected chi connectivity index (χ2v) is 6.82. The van der Waals surface area contributed by atoms with Gasteiger partial charge in [-0.2, -0.15) is 0 Å². The number of nitrogens with one attached hydrogen (secondary N) is 1. The van der Waals surface area contributed by atoms with Crippen LogP contribution in [0.5, 0.6) is 0 Å². The molecule has 1 aromatic rings. The van der Waals surface area contributed by atoms with Crippen LogP contribution in [0.2, 0.25) is 0 Å². The number of hydrogen-bond acceptors (Lipinski definition) is 4. The summed E-state index contributed by atoms with van der Waals surface area (Å²) in [6.45, 7) is 12.2. The van der Waals surface area contributed by atoms with Crippen molar-refractivity contribution in [3.8, 4) is 0 Å². The summed E-state index contributed by atoms with van der Waals surface area (Å²) in [5.74, 6) is 1.49. The molecular weight excluding hydrogens is 242 g/mol. The highest BCUT2D eigenvalue weighted by Crippen LogP contribution is 2.30. The van der Waals surface area contributed by atoms with E-state index in [2.05, 4.69) is 43.3 Å². The number of anilines is 1. The second kappa shape index (κ2) is 6.02. The minimum Gasteiger partial charge on any atom is -0.345 e. The molecule has 1 fully saturated rings. The predicted molar refractivity (Wildman–Crippen MR) is 79.2 cm³/mol. The Kier molecular flexibility index (Phi) is 4.62. The molecule has 0 bridgehead atoms. The summed E-state index contributed by atoms with van der Waals surface area (Å²) < 4.78 is 0. The van der Waals surface area contributed by atoms with E-state index in [1.165, 1.54) is 17.2 Å². The van der Waals surface area contributed by atoms with Crippen LogP contribution in [-0.2, 0) is 6.54 Å². The van der Waals surface area contributed by atoms with Gasteiger partial charge in [0.1, 0.15) is 0 Å². The van der Waals surface area contributed by atoms with Crippen molar-refractivity contribution in [1.82, 2.24) is 10.3 Å². The first-order valence-electron chi connectivity index (χ1n) is 6.98.